The van der Waals surface area contributed by atoms with Crippen molar-refractivity contribution in [2.45, 2.75) is 19.0 Å². The summed E-state index contributed by atoms with van der Waals surface area (Å²) >= 11 is 0.848. The van der Waals surface area contributed by atoms with Crippen LogP contribution in [0.25, 0.3) is 6.08 Å². The second kappa shape index (κ2) is 5.80. The van der Waals surface area contributed by atoms with Crippen LogP contribution in [0.15, 0.2) is 17.2 Å². The Hall–Kier alpha value is -1.96. The molecule has 6 nitrogen and oxygen atoms in total. The lowest BCUT2D eigenvalue weighted by Crippen LogP contribution is -2.35. The molecule has 2 saturated heterocycles. The highest BCUT2D eigenvalue weighted by Crippen LogP contribution is 2.25. The molecular formula is C13H13FN4O2S. The quantitative estimate of drug-likeness (QED) is 0.839. The number of nitrogens with zero attached hydrogens (tertiary/aromatic N) is 3. The summed E-state index contributed by atoms with van der Waals surface area (Å²) in [7, 11) is 0. The fourth-order valence-electron chi connectivity index (χ4n) is 2.20. The van der Waals surface area contributed by atoms with Crippen molar-refractivity contribution < 1.29 is 14.0 Å². The number of halogens is 1. The lowest BCUT2D eigenvalue weighted by Gasteiger charge is -2.28. The minimum Gasteiger partial charge on any atom is -0.341 e. The Kier molecular flexibility index (Phi) is 3.87. The van der Waals surface area contributed by atoms with Gasteiger partial charge in [0.1, 0.15) is 6.17 Å². The van der Waals surface area contributed by atoms with E-state index < -0.39 is 12.1 Å². The van der Waals surface area contributed by atoms with Crippen molar-refractivity contribution in [1.82, 2.24) is 15.3 Å². The highest BCUT2D eigenvalue weighted by molar-refractivity contribution is 8.18. The molecule has 21 heavy (non-hydrogen) atoms. The summed E-state index contributed by atoms with van der Waals surface area (Å²) in [4.78, 5) is 33.4. The molecule has 0 bridgehead atoms. The Labute approximate surface area is 124 Å². The fourth-order valence-corrected chi connectivity index (χ4v) is 2.86. The fraction of sp³-hybridized carbons (Fsp3) is 0.385. The summed E-state index contributed by atoms with van der Waals surface area (Å²) in [5, 5.41) is 1.81. The number of aromatic nitrogens is 2. The highest BCUT2D eigenvalue weighted by atomic mass is 32.2. The molecule has 2 aliphatic heterocycles. The van der Waals surface area contributed by atoms with Gasteiger partial charge in [-0.1, -0.05) is 0 Å². The molecule has 0 aromatic carbocycles. The maximum atomic E-state index is 13.1. The van der Waals surface area contributed by atoms with Gasteiger partial charge in [0.2, 0.25) is 5.95 Å². The lowest BCUT2D eigenvalue weighted by atomic mass is 10.1. The maximum Gasteiger partial charge on any atom is 0.290 e. The molecule has 0 spiro atoms. The average molecular weight is 308 g/mol. The minimum absolute atomic E-state index is 0.312. The third-order valence-electron chi connectivity index (χ3n) is 3.29. The van der Waals surface area contributed by atoms with Gasteiger partial charge in [0.25, 0.3) is 11.1 Å². The number of alkyl halides is 1. The Morgan fingerprint density at radius 2 is 2.14 bits per heavy atom. The molecule has 1 aromatic heterocycles. The molecule has 3 rings (SSSR count). The Bertz CT molecular complexity index is 614. The van der Waals surface area contributed by atoms with Gasteiger partial charge >= 0.3 is 0 Å². The monoisotopic (exact) mass is 308 g/mol. The zero-order valence-electron chi connectivity index (χ0n) is 11.1. The van der Waals surface area contributed by atoms with E-state index in [1.807, 2.05) is 4.90 Å². The summed E-state index contributed by atoms with van der Waals surface area (Å²) < 4.78 is 13.1. The van der Waals surface area contributed by atoms with Crippen LogP contribution in [-0.4, -0.2) is 40.4 Å². The SMILES string of the molecule is O=C1NC(=O)/C(=C\c2ccnc(N3CCC(F)CC3)n2)S1. The van der Waals surface area contributed by atoms with E-state index in [1.165, 1.54) is 0 Å². The molecule has 2 amide bonds. The number of carbonyl (C=O) groups excluding carboxylic acids is 2. The first-order valence-electron chi connectivity index (χ1n) is 6.59. The molecule has 3 heterocycles. The van der Waals surface area contributed by atoms with Crippen molar-refractivity contribution >= 4 is 34.9 Å². The van der Waals surface area contributed by atoms with Gasteiger partial charge in [-0.25, -0.2) is 14.4 Å². The van der Waals surface area contributed by atoms with Crippen molar-refractivity contribution in [3.8, 4) is 0 Å². The van der Waals surface area contributed by atoms with Crippen LogP contribution in [0.5, 0.6) is 0 Å². The van der Waals surface area contributed by atoms with Crippen molar-refractivity contribution in [1.29, 1.82) is 0 Å². The molecule has 1 N–H and O–H groups in total. The Morgan fingerprint density at radius 1 is 1.38 bits per heavy atom. The second-order valence-electron chi connectivity index (χ2n) is 4.80. The van der Waals surface area contributed by atoms with Crippen molar-refractivity contribution in [3.63, 3.8) is 0 Å². The predicted octanol–water partition coefficient (Wildman–Crippen LogP) is 1.74. The average Bonchev–Trinajstić information content (AvgIpc) is 2.78. The van der Waals surface area contributed by atoms with Crippen molar-refractivity contribution in [2.24, 2.45) is 0 Å². The second-order valence-corrected chi connectivity index (χ2v) is 5.81. The predicted molar refractivity (Wildman–Crippen MR) is 77.5 cm³/mol. The van der Waals surface area contributed by atoms with E-state index in [0.29, 0.717) is 42.5 Å². The van der Waals surface area contributed by atoms with E-state index in [4.69, 9.17) is 0 Å². The van der Waals surface area contributed by atoms with Crippen molar-refractivity contribution in [2.75, 3.05) is 18.0 Å². The van der Waals surface area contributed by atoms with Gasteiger partial charge in [-0.3, -0.25) is 14.9 Å². The highest BCUT2D eigenvalue weighted by Gasteiger charge is 2.25. The summed E-state index contributed by atoms with van der Waals surface area (Å²) in [5.41, 5.74) is 0.551. The van der Waals surface area contributed by atoms with E-state index >= 15 is 0 Å². The molecule has 0 aliphatic carbocycles. The first-order valence-corrected chi connectivity index (χ1v) is 7.40. The molecule has 0 radical (unpaired) electrons. The van der Waals surface area contributed by atoms with Crippen molar-refractivity contribution in [3.05, 3.63) is 22.9 Å². The van der Waals surface area contributed by atoms with Crippen LogP contribution in [0.3, 0.4) is 0 Å². The first-order chi connectivity index (χ1) is 10.1. The van der Waals surface area contributed by atoms with Gasteiger partial charge in [0, 0.05) is 19.3 Å². The number of rotatable bonds is 2. The number of imide groups is 1. The summed E-state index contributed by atoms with van der Waals surface area (Å²) in [5.74, 6) is 0.106. The molecular weight excluding hydrogens is 295 g/mol. The van der Waals surface area contributed by atoms with Crippen LogP contribution in [0.1, 0.15) is 18.5 Å². The third-order valence-corrected chi connectivity index (χ3v) is 4.10. The molecule has 0 unspecified atom stereocenters. The van der Waals surface area contributed by atoms with E-state index in [2.05, 4.69) is 15.3 Å². The number of amides is 2. The zero-order valence-corrected chi connectivity index (χ0v) is 11.9. The van der Waals surface area contributed by atoms with Crippen LogP contribution in [0.2, 0.25) is 0 Å². The van der Waals surface area contributed by atoms with Crippen LogP contribution < -0.4 is 10.2 Å². The molecule has 0 saturated carbocycles. The van der Waals surface area contributed by atoms with Crippen LogP contribution in [0.4, 0.5) is 15.1 Å². The number of carbonyl (C=O) groups is 2. The van der Waals surface area contributed by atoms with Crippen LogP contribution in [0, 0.1) is 0 Å². The Balaban J connectivity index is 1.79. The van der Waals surface area contributed by atoms with E-state index in [1.54, 1.807) is 18.3 Å². The topological polar surface area (TPSA) is 75.2 Å². The van der Waals surface area contributed by atoms with Gasteiger partial charge in [0.15, 0.2) is 0 Å². The number of nitrogens with one attached hydrogen (secondary N) is 1. The summed E-state index contributed by atoms with van der Waals surface area (Å²) in [6, 6.07) is 1.66. The number of anilines is 1. The molecule has 0 atom stereocenters. The largest absolute Gasteiger partial charge is 0.341 e. The van der Waals surface area contributed by atoms with Gasteiger partial charge < -0.3 is 4.90 Å². The standard InChI is InChI=1S/C13H13FN4O2S/c14-8-2-5-18(6-3-8)12-15-4-1-9(16-12)7-10-11(19)17-13(20)21-10/h1,4,7-8H,2-3,5-6H2,(H,17,19,20)/b10-7+. The van der Waals surface area contributed by atoms with Gasteiger partial charge in [-0.05, 0) is 36.7 Å². The van der Waals surface area contributed by atoms with Gasteiger partial charge in [0.05, 0.1) is 10.6 Å². The number of hydrogen-bond donors (Lipinski definition) is 1. The molecule has 1 aromatic rings. The normalized spacial score (nSPS) is 22.0. The van der Waals surface area contributed by atoms with Crippen LogP contribution in [-0.2, 0) is 4.79 Å². The first kappa shape index (κ1) is 14.0. The molecule has 8 heteroatoms. The lowest BCUT2D eigenvalue weighted by molar-refractivity contribution is -0.115. The van der Waals surface area contributed by atoms with E-state index in [-0.39, 0.29) is 5.24 Å². The van der Waals surface area contributed by atoms with Gasteiger partial charge in [-0.2, -0.15) is 0 Å². The number of piperidine rings is 1. The number of hydrogen-bond acceptors (Lipinski definition) is 6. The van der Waals surface area contributed by atoms with Crippen LogP contribution >= 0.6 is 11.8 Å². The molecule has 2 aliphatic rings. The third kappa shape index (κ3) is 3.21. The number of thioether (sulfide) groups is 1. The Morgan fingerprint density at radius 3 is 2.81 bits per heavy atom. The zero-order chi connectivity index (χ0) is 14.8. The van der Waals surface area contributed by atoms with E-state index in [9.17, 15) is 14.0 Å². The van der Waals surface area contributed by atoms with Gasteiger partial charge in [-0.15, -0.1) is 0 Å². The smallest absolute Gasteiger partial charge is 0.290 e. The minimum atomic E-state index is -0.754. The summed E-state index contributed by atoms with van der Waals surface area (Å²) in [6.45, 7) is 1.16. The maximum absolute atomic E-state index is 13.1. The van der Waals surface area contributed by atoms with E-state index in [0.717, 1.165) is 11.8 Å². The molecule has 110 valence electrons. The summed E-state index contributed by atoms with van der Waals surface area (Å²) in [6.07, 6.45) is 3.34. The molecule has 2 fully saturated rings.